The van der Waals surface area contributed by atoms with Crippen LogP contribution in [0.15, 0.2) is 11.8 Å². The van der Waals surface area contributed by atoms with Gasteiger partial charge in [0.05, 0.1) is 6.10 Å². The van der Waals surface area contributed by atoms with E-state index < -0.39 is 39.0 Å². The minimum Gasteiger partial charge on any atom is -0.408 e. The van der Waals surface area contributed by atoms with Crippen LogP contribution >= 0.6 is 0 Å². The van der Waals surface area contributed by atoms with E-state index >= 15 is 0 Å². The molecule has 1 rings (SSSR count). The average Bonchev–Trinajstić information content (AvgIpc) is 2.99. The van der Waals surface area contributed by atoms with Crippen LogP contribution in [0.25, 0.3) is 0 Å². The lowest BCUT2D eigenvalue weighted by Gasteiger charge is -2.41. The molecule has 5 atom stereocenters. The van der Waals surface area contributed by atoms with E-state index in [-0.39, 0.29) is 29.2 Å². The van der Waals surface area contributed by atoms with Crippen LogP contribution in [0.2, 0.25) is 18.1 Å². The Balaban J connectivity index is 3.49. The Morgan fingerprint density at radius 3 is 2.16 bits per heavy atom. The van der Waals surface area contributed by atoms with Crippen molar-refractivity contribution in [3.8, 4) is 0 Å². The van der Waals surface area contributed by atoms with Crippen molar-refractivity contribution in [2.75, 3.05) is 13.7 Å². The molecule has 0 bridgehead atoms. The first-order valence-electron chi connectivity index (χ1n) is 10.8. The van der Waals surface area contributed by atoms with Gasteiger partial charge in [0.1, 0.15) is 24.9 Å². The summed E-state index contributed by atoms with van der Waals surface area (Å²) in [5.74, 6) is -0.917. The zero-order valence-electron chi connectivity index (χ0n) is 21.0. The van der Waals surface area contributed by atoms with E-state index in [0.29, 0.717) is 5.57 Å². The second-order valence-corrected chi connectivity index (χ2v) is 14.6. The van der Waals surface area contributed by atoms with Crippen molar-refractivity contribution in [1.82, 2.24) is 10.2 Å². The smallest absolute Gasteiger partial charge is 0.245 e. The Morgan fingerprint density at radius 2 is 1.75 bits per heavy atom. The third-order valence-electron chi connectivity index (χ3n) is 6.15. The van der Waals surface area contributed by atoms with E-state index in [4.69, 9.17) is 13.9 Å². The summed E-state index contributed by atoms with van der Waals surface area (Å²) in [6, 6.07) is 0. The van der Waals surface area contributed by atoms with Crippen molar-refractivity contribution < 1.29 is 33.4 Å². The first-order valence-corrected chi connectivity index (χ1v) is 13.8. The Hall–Kier alpha value is -1.59. The summed E-state index contributed by atoms with van der Waals surface area (Å²) in [7, 11) is -0.853. The van der Waals surface area contributed by atoms with Crippen molar-refractivity contribution in [1.29, 1.82) is 0 Å². The third-order valence-corrected chi connectivity index (χ3v) is 10.6. The fourth-order valence-electron chi connectivity index (χ4n) is 2.99. The molecule has 1 fully saturated rings. The fraction of sp³-hybridized carbons (Fsp3) is 0.773. The molecule has 0 aromatic rings. The Bertz CT molecular complexity index is 730. The molecule has 0 spiro atoms. The molecule has 1 aliphatic rings. The number of rotatable bonds is 9. The van der Waals surface area contributed by atoms with Crippen molar-refractivity contribution in [2.45, 2.75) is 97.2 Å². The van der Waals surface area contributed by atoms with Gasteiger partial charge in [0, 0.05) is 25.7 Å². The number of hydrogen-bond acceptors (Lipinski definition) is 7. The molecule has 2 N–H and O–H groups in total. The Morgan fingerprint density at radius 1 is 1.19 bits per heavy atom. The number of likely N-dealkylation sites (N-methyl/N-ethyl adjacent to an activating group) is 1. The highest BCUT2D eigenvalue weighted by atomic mass is 28.4. The second kappa shape index (κ2) is 11.0. The highest BCUT2D eigenvalue weighted by Gasteiger charge is 2.54. The molecular formula is C22H40N2O7Si. The predicted molar refractivity (Wildman–Crippen MR) is 123 cm³/mol. The number of aliphatic hydroxyl groups is 1. The first kappa shape index (κ1) is 28.4. The third kappa shape index (κ3) is 6.95. The van der Waals surface area contributed by atoms with E-state index in [2.05, 4.69) is 39.2 Å². The minimum atomic E-state index is -2.35. The van der Waals surface area contributed by atoms with Gasteiger partial charge in [-0.2, -0.15) is 0 Å². The average molecular weight is 473 g/mol. The molecule has 0 aromatic carbocycles. The lowest BCUT2D eigenvalue weighted by molar-refractivity contribution is -0.150. The molecule has 1 heterocycles. The summed E-state index contributed by atoms with van der Waals surface area (Å²) in [5, 5.41) is 12.8. The van der Waals surface area contributed by atoms with Crippen molar-refractivity contribution >= 4 is 25.9 Å². The second-order valence-electron chi connectivity index (χ2n) is 9.82. The number of ether oxygens (including phenoxy) is 2. The Kier molecular flexibility index (Phi) is 9.79. The van der Waals surface area contributed by atoms with Gasteiger partial charge < -0.3 is 24.3 Å². The van der Waals surface area contributed by atoms with Gasteiger partial charge in [-0.25, -0.2) is 0 Å². The van der Waals surface area contributed by atoms with Gasteiger partial charge in [0.2, 0.25) is 11.8 Å². The van der Waals surface area contributed by atoms with Gasteiger partial charge in [-0.1, -0.05) is 20.8 Å². The van der Waals surface area contributed by atoms with Crippen LogP contribution < -0.4 is 5.32 Å². The van der Waals surface area contributed by atoms with Gasteiger partial charge in [-0.15, -0.1) is 0 Å². The molecule has 0 radical (unpaired) electrons. The minimum absolute atomic E-state index is 0.134. The maximum absolute atomic E-state index is 12.5. The van der Waals surface area contributed by atoms with Crippen molar-refractivity contribution in [2.24, 2.45) is 0 Å². The zero-order valence-corrected chi connectivity index (χ0v) is 22.0. The van der Waals surface area contributed by atoms with Crippen LogP contribution in [-0.4, -0.2) is 80.2 Å². The van der Waals surface area contributed by atoms with Crippen molar-refractivity contribution in [3.63, 3.8) is 0 Å². The zero-order chi connectivity index (χ0) is 25.0. The molecule has 0 saturated carbocycles. The highest BCUT2D eigenvalue weighted by molar-refractivity contribution is 6.74. The predicted octanol–water partition coefficient (Wildman–Crippen LogP) is 1.95. The molecular weight excluding hydrogens is 432 g/mol. The van der Waals surface area contributed by atoms with Crippen LogP contribution in [0, 0.1) is 0 Å². The maximum Gasteiger partial charge on any atom is 0.245 e. The number of nitrogens with zero attached hydrogens (tertiary/aromatic N) is 1. The number of hydrogen-bond donors (Lipinski definition) is 2. The molecule has 1 aliphatic heterocycles. The molecule has 0 aromatic heterocycles. The molecule has 32 heavy (non-hydrogen) atoms. The number of carbonyl (C=O) groups is 3. The van der Waals surface area contributed by atoms with Crippen LogP contribution in [0.1, 0.15) is 48.5 Å². The lowest BCUT2D eigenvalue weighted by atomic mass is 10.1. The number of nitrogens with one attached hydrogen (secondary N) is 1. The van der Waals surface area contributed by atoms with E-state index in [1.54, 1.807) is 13.8 Å². The van der Waals surface area contributed by atoms with Crippen LogP contribution in [0.3, 0.4) is 0 Å². The van der Waals surface area contributed by atoms with Gasteiger partial charge >= 0.3 is 0 Å². The summed E-state index contributed by atoms with van der Waals surface area (Å²) < 4.78 is 18.7. The monoisotopic (exact) mass is 472 g/mol. The number of Topliss-reactive ketones (excluding diaryl/α,β-unsaturated/α-hetero) is 1. The quantitative estimate of drug-likeness (QED) is 0.389. The number of allylic oxidation sites excluding steroid dienone is 1. The van der Waals surface area contributed by atoms with E-state index in [0.717, 1.165) is 0 Å². The van der Waals surface area contributed by atoms with E-state index in [1.807, 2.05) is 0 Å². The molecule has 1 unspecified atom stereocenters. The van der Waals surface area contributed by atoms with Crippen LogP contribution in [0.5, 0.6) is 0 Å². The number of aliphatic hydroxyl groups excluding tert-OH is 1. The molecule has 10 heteroatoms. The summed E-state index contributed by atoms with van der Waals surface area (Å²) in [6.45, 7) is 16.1. The SMILES string of the molecule is CNC(=O)CO[C@H]1C(N(/C=C(/C)C(C)=O)C(C)=O)O[C@H]([C@H](C)O)[C@H]1O[Si](C)(C)C(C)(C)C. The maximum atomic E-state index is 12.5. The summed E-state index contributed by atoms with van der Waals surface area (Å²) in [6.07, 6.45) is -2.87. The number of ketones is 1. The summed E-state index contributed by atoms with van der Waals surface area (Å²) in [4.78, 5) is 37.5. The number of amides is 2. The van der Waals surface area contributed by atoms with Gasteiger partial charge in [0.15, 0.2) is 20.3 Å². The lowest BCUT2D eigenvalue weighted by Crippen LogP contribution is -2.53. The van der Waals surface area contributed by atoms with E-state index in [1.165, 1.54) is 32.0 Å². The van der Waals surface area contributed by atoms with Crippen molar-refractivity contribution in [3.05, 3.63) is 11.8 Å². The van der Waals surface area contributed by atoms with Gasteiger partial charge in [0.25, 0.3) is 0 Å². The molecule has 1 saturated heterocycles. The Labute approximate surface area is 192 Å². The van der Waals surface area contributed by atoms with Gasteiger partial charge in [-0.05, 0) is 38.9 Å². The van der Waals surface area contributed by atoms with Crippen LogP contribution in [0.4, 0.5) is 0 Å². The first-order chi connectivity index (χ1) is 14.5. The molecule has 0 aliphatic carbocycles. The topological polar surface area (TPSA) is 114 Å². The summed E-state index contributed by atoms with van der Waals surface area (Å²) in [5.41, 5.74) is 0.358. The fourth-order valence-corrected chi connectivity index (χ4v) is 4.29. The normalized spacial score (nSPS) is 25.4. The molecule has 184 valence electrons. The molecule has 9 nitrogen and oxygen atoms in total. The number of carbonyl (C=O) groups excluding carboxylic acids is 3. The standard InChI is InChI=1S/C22H40N2O7Si/c1-13(14(2)25)11-24(16(4)27)21-20(29-12-17(28)23-8)19(18(30-21)15(3)26)31-32(9,10)22(5,6)7/h11,15,18-21,26H,12H2,1-10H3,(H,23,28)/b13-11-/t15-,18+,19+,20+,21?/m0/s1. The molecule has 2 amide bonds. The largest absolute Gasteiger partial charge is 0.408 e. The van der Waals surface area contributed by atoms with E-state index in [9.17, 15) is 19.5 Å². The van der Waals surface area contributed by atoms with Gasteiger partial charge in [-0.3, -0.25) is 19.3 Å². The highest BCUT2D eigenvalue weighted by Crippen LogP contribution is 2.41. The van der Waals surface area contributed by atoms with Crippen LogP contribution in [-0.2, 0) is 28.3 Å². The summed E-state index contributed by atoms with van der Waals surface area (Å²) >= 11 is 0.